The number of primary amides is 1. The van der Waals surface area contributed by atoms with E-state index in [-0.39, 0.29) is 5.69 Å². The van der Waals surface area contributed by atoms with Gasteiger partial charge in [-0.05, 0) is 0 Å². The molecule has 1 aliphatic rings. The number of amides is 1. The maximum atomic E-state index is 11.0. The van der Waals surface area contributed by atoms with Crippen molar-refractivity contribution in [3.8, 4) is 5.88 Å². The zero-order valence-electron chi connectivity index (χ0n) is 10.5. The molecule has 11 nitrogen and oxygen atoms in total. The molecule has 0 aliphatic carbocycles. The van der Waals surface area contributed by atoms with E-state index < -0.39 is 50.1 Å². The third kappa shape index (κ3) is 3.07. The Hall–Kier alpha value is -1.49. The second-order valence-corrected chi connectivity index (χ2v) is 6.33. The molecular formula is C9H15N3O8P+. The molecular weight excluding hydrogens is 309 g/mol. The molecule has 4 atom stereocenters. The molecule has 1 saturated heterocycles. The number of aromatic hydroxyl groups is 1. The second kappa shape index (κ2) is 5.37. The van der Waals surface area contributed by atoms with Gasteiger partial charge < -0.3 is 35.6 Å². The van der Waals surface area contributed by atoms with E-state index in [1.54, 1.807) is 0 Å². The van der Waals surface area contributed by atoms with Gasteiger partial charge in [-0.2, -0.15) is 4.57 Å². The fourth-order valence-corrected chi connectivity index (χ4v) is 2.88. The van der Waals surface area contributed by atoms with Crippen LogP contribution in [0.2, 0.25) is 0 Å². The van der Waals surface area contributed by atoms with E-state index in [9.17, 15) is 24.7 Å². The lowest BCUT2D eigenvalue weighted by Crippen LogP contribution is -2.45. The number of ether oxygens (including phenoxy) is 1. The van der Waals surface area contributed by atoms with Gasteiger partial charge >= 0.3 is 13.5 Å². The molecule has 21 heavy (non-hydrogen) atoms. The van der Waals surface area contributed by atoms with Crippen molar-refractivity contribution < 1.29 is 43.8 Å². The molecule has 0 unspecified atom stereocenters. The first-order valence-corrected chi connectivity index (χ1v) is 7.59. The summed E-state index contributed by atoms with van der Waals surface area (Å²) in [5, 5.41) is 29.4. The highest BCUT2D eigenvalue weighted by Gasteiger charge is 2.49. The van der Waals surface area contributed by atoms with Crippen LogP contribution in [0.1, 0.15) is 16.7 Å². The molecule has 0 spiro atoms. The van der Waals surface area contributed by atoms with Gasteiger partial charge in [0, 0.05) is 0 Å². The van der Waals surface area contributed by atoms with E-state index in [4.69, 9.17) is 20.3 Å². The standard InChI is InChI=1S/C9H14N3O8P/c10-7(15)4-8(16)12(2-11-4)9-6(14)5(13)3(20-9)1-21(17,18)19/h2-3,5-6,9,13-14H,1H2,(H5,10,15,16,17,18,19)/p+1/t3-,5-,6-,9-/m1/s1. The van der Waals surface area contributed by atoms with Crippen LogP contribution < -0.4 is 10.3 Å². The Balaban J connectivity index is 2.26. The smallest absolute Gasteiger partial charge is 0.338 e. The van der Waals surface area contributed by atoms with E-state index >= 15 is 0 Å². The van der Waals surface area contributed by atoms with Crippen LogP contribution in [0.25, 0.3) is 0 Å². The Labute approximate surface area is 117 Å². The highest BCUT2D eigenvalue weighted by molar-refractivity contribution is 7.51. The van der Waals surface area contributed by atoms with Crippen molar-refractivity contribution in [3.05, 3.63) is 12.0 Å². The number of carbonyl (C=O) groups is 1. The van der Waals surface area contributed by atoms with Crippen molar-refractivity contribution in [3.63, 3.8) is 0 Å². The van der Waals surface area contributed by atoms with Crippen LogP contribution in [0.15, 0.2) is 6.33 Å². The van der Waals surface area contributed by atoms with E-state index in [0.29, 0.717) is 0 Å². The molecule has 0 bridgehead atoms. The van der Waals surface area contributed by atoms with Crippen LogP contribution in [0.5, 0.6) is 5.88 Å². The number of nitrogens with two attached hydrogens (primary N) is 1. The molecule has 12 heteroatoms. The SMILES string of the molecule is NC(=O)c1[nH]c[n+]([C@@H]2O[C@H](CP(=O)(O)O)[C@@H](O)[C@H]2O)c1O. The predicted molar refractivity (Wildman–Crippen MR) is 64.0 cm³/mol. The lowest BCUT2D eigenvalue weighted by Gasteiger charge is -2.14. The Morgan fingerprint density at radius 1 is 1.43 bits per heavy atom. The van der Waals surface area contributed by atoms with Crippen molar-refractivity contribution in [1.29, 1.82) is 0 Å². The maximum Gasteiger partial charge on any atom is 0.338 e. The number of hydrogen-bond acceptors (Lipinski definition) is 6. The van der Waals surface area contributed by atoms with Gasteiger partial charge in [0.1, 0.15) is 18.3 Å². The lowest BCUT2D eigenvalue weighted by molar-refractivity contribution is -0.768. The van der Waals surface area contributed by atoms with Crippen LogP contribution in [-0.2, 0) is 9.30 Å². The fraction of sp³-hybridized carbons (Fsp3) is 0.556. The highest BCUT2D eigenvalue weighted by atomic mass is 31.2. The molecule has 1 amide bonds. The lowest BCUT2D eigenvalue weighted by atomic mass is 10.1. The number of H-pyrrole nitrogens is 1. The van der Waals surface area contributed by atoms with Crippen molar-refractivity contribution in [1.82, 2.24) is 4.98 Å². The number of hydrogen-bond donors (Lipinski definition) is 7. The van der Waals surface area contributed by atoms with E-state index in [2.05, 4.69) is 4.98 Å². The maximum absolute atomic E-state index is 11.0. The van der Waals surface area contributed by atoms with Crippen molar-refractivity contribution >= 4 is 13.5 Å². The first-order chi connectivity index (χ1) is 9.61. The Morgan fingerprint density at radius 2 is 2.05 bits per heavy atom. The third-order valence-corrected chi connectivity index (χ3v) is 3.93. The van der Waals surface area contributed by atoms with Crippen molar-refractivity contribution in [2.24, 2.45) is 5.73 Å². The number of rotatable bonds is 4. The molecule has 0 aromatic carbocycles. The molecule has 1 fully saturated rings. The third-order valence-electron chi connectivity index (χ3n) is 3.09. The number of nitrogens with zero attached hydrogens (tertiary/aromatic N) is 1. The van der Waals surface area contributed by atoms with Gasteiger partial charge in [-0.1, -0.05) is 0 Å². The second-order valence-electron chi connectivity index (χ2n) is 4.64. The van der Waals surface area contributed by atoms with E-state index in [0.717, 1.165) is 10.9 Å². The fourth-order valence-electron chi connectivity index (χ4n) is 2.11. The topological polar surface area (TPSA) is 190 Å². The Kier molecular flexibility index (Phi) is 4.06. The largest absolute Gasteiger partial charge is 0.474 e. The van der Waals surface area contributed by atoms with Crippen LogP contribution >= 0.6 is 7.60 Å². The van der Waals surface area contributed by atoms with Gasteiger partial charge in [-0.25, -0.2) is 4.98 Å². The number of aromatic nitrogens is 2. The quantitative estimate of drug-likeness (QED) is 0.224. The zero-order chi connectivity index (χ0) is 15.9. The number of imidazole rings is 1. The summed E-state index contributed by atoms with van der Waals surface area (Å²) in [7, 11) is -4.47. The van der Waals surface area contributed by atoms with E-state index in [1.807, 2.05) is 0 Å². The summed E-state index contributed by atoms with van der Waals surface area (Å²) in [5.74, 6) is -1.58. The molecule has 8 N–H and O–H groups in total. The zero-order valence-corrected chi connectivity index (χ0v) is 11.4. The molecule has 1 aromatic heterocycles. The number of aliphatic hydroxyl groups is 2. The van der Waals surface area contributed by atoms with Crippen LogP contribution in [0.3, 0.4) is 0 Å². The van der Waals surface area contributed by atoms with Gasteiger partial charge in [0.25, 0.3) is 11.6 Å². The van der Waals surface area contributed by atoms with Crippen molar-refractivity contribution in [2.75, 3.05) is 6.16 Å². The number of nitrogens with one attached hydrogen (secondary N) is 1. The summed E-state index contributed by atoms with van der Waals surface area (Å²) < 4.78 is 17.0. The van der Waals surface area contributed by atoms with Gasteiger partial charge in [-0.15, -0.1) is 0 Å². The summed E-state index contributed by atoms with van der Waals surface area (Å²) in [6.07, 6.45) is -5.51. The Bertz CT molecular complexity index is 598. The average molecular weight is 324 g/mol. The normalized spacial score (nSPS) is 29.7. The van der Waals surface area contributed by atoms with Crippen LogP contribution in [0.4, 0.5) is 0 Å². The minimum absolute atomic E-state index is 0.335. The van der Waals surface area contributed by atoms with Gasteiger partial charge in [0.15, 0.2) is 0 Å². The van der Waals surface area contributed by atoms with Crippen molar-refractivity contribution in [2.45, 2.75) is 24.5 Å². The summed E-state index contributed by atoms with van der Waals surface area (Å²) in [6, 6.07) is 0. The first kappa shape index (κ1) is 15.9. The summed E-state index contributed by atoms with van der Waals surface area (Å²) >= 11 is 0. The average Bonchev–Trinajstić information content (AvgIpc) is 2.83. The van der Waals surface area contributed by atoms with Crippen LogP contribution in [-0.4, -0.2) is 60.5 Å². The summed E-state index contributed by atoms with van der Waals surface area (Å²) in [6.45, 7) is 0. The number of aliphatic hydroxyl groups excluding tert-OH is 2. The number of carbonyl (C=O) groups excluding carboxylic acids is 1. The molecule has 0 radical (unpaired) electrons. The molecule has 1 aromatic rings. The molecule has 0 saturated carbocycles. The minimum Gasteiger partial charge on any atom is -0.474 e. The number of aromatic amines is 1. The molecule has 2 heterocycles. The molecule has 118 valence electrons. The predicted octanol–water partition coefficient (Wildman–Crippen LogP) is -3.10. The molecule has 2 rings (SSSR count). The van der Waals surface area contributed by atoms with Gasteiger partial charge in [0.2, 0.25) is 12.6 Å². The van der Waals surface area contributed by atoms with E-state index in [1.165, 1.54) is 0 Å². The first-order valence-electron chi connectivity index (χ1n) is 5.79. The van der Waals surface area contributed by atoms with Gasteiger partial charge in [0.05, 0.1) is 6.16 Å². The Morgan fingerprint density at radius 3 is 2.52 bits per heavy atom. The molecule has 1 aliphatic heterocycles. The summed E-state index contributed by atoms with van der Waals surface area (Å²) in [4.78, 5) is 31.1. The monoisotopic (exact) mass is 324 g/mol. The summed E-state index contributed by atoms with van der Waals surface area (Å²) in [5.41, 5.74) is 4.67. The highest BCUT2D eigenvalue weighted by Crippen LogP contribution is 2.40. The van der Waals surface area contributed by atoms with Crippen LogP contribution in [0, 0.1) is 0 Å². The minimum atomic E-state index is -4.47. The van der Waals surface area contributed by atoms with Gasteiger partial charge in [-0.3, -0.25) is 9.36 Å².